The first-order valence-corrected chi connectivity index (χ1v) is 7.43. The molecule has 0 atom stereocenters. The Bertz CT molecular complexity index is 587. The largest absolute Gasteiger partial charge is 0.347 e. The number of nitrogens with one attached hydrogen (secondary N) is 1. The minimum atomic E-state index is 0.677. The van der Waals surface area contributed by atoms with Crippen LogP contribution in [0.1, 0.15) is 32.3 Å². The van der Waals surface area contributed by atoms with Crippen LogP contribution in [0.15, 0.2) is 30.5 Å². The quantitative estimate of drug-likeness (QED) is 0.597. The molecule has 0 radical (unpaired) electrons. The highest BCUT2D eigenvalue weighted by atomic mass is 15.0. The Kier molecular flexibility index (Phi) is 5.26. The Hall–Kier alpha value is -1.72. The summed E-state index contributed by atoms with van der Waals surface area (Å²) in [4.78, 5) is 0. The lowest BCUT2D eigenvalue weighted by Gasteiger charge is -2.11. The summed E-state index contributed by atoms with van der Waals surface area (Å²) in [6, 6.07) is 8.73. The molecule has 0 saturated heterocycles. The van der Waals surface area contributed by atoms with Crippen molar-refractivity contribution < 1.29 is 0 Å². The van der Waals surface area contributed by atoms with Gasteiger partial charge in [-0.25, -0.2) is 0 Å². The normalized spacial score (nSPS) is 11.1. The standard InChI is InChI=1S/C18H24N2/c1-4-5-6-11-20-12-10-16-8-7-9-17(18(16)20)14-19-13-15(2)3/h1,7-10,12,15,19H,5-6,11,13-14H2,2-3H3. The van der Waals surface area contributed by atoms with Crippen LogP contribution in [0.4, 0.5) is 0 Å². The van der Waals surface area contributed by atoms with E-state index < -0.39 is 0 Å². The van der Waals surface area contributed by atoms with Crippen LogP contribution in [-0.4, -0.2) is 11.1 Å². The zero-order valence-corrected chi connectivity index (χ0v) is 12.5. The molecule has 0 amide bonds. The van der Waals surface area contributed by atoms with Gasteiger partial charge in [-0.1, -0.05) is 32.0 Å². The number of unbranched alkanes of at least 4 members (excludes halogenated alkanes) is 1. The van der Waals surface area contributed by atoms with E-state index in [1.807, 2.05) is 0 Å². The first-order valence-electron chi connectivity index (χ1n) is 7.43. The van der Waals surface area contributed by atoms with Gasteiger partial charge in [0.1, 0.15) is 0 Å². The molecule has 0 fully saturated rings. The molecule has 106 valence electrons. The number of hydrogen-bond acceptors (Lipinski definition) is 1. The zero-order chi connectivity index (χ0) is 14.4. The van der Waals surface area contributed by atoms with Gasteiger partial charge in [-0.15, -0.1) is 12.3 Å². The summed E-state index contributed by atoms with van der Waals surface area (Å²) in [5.74, 6) is 3.39. The van der Waals surface area contributed by atoms with Crippen LogP contribution < -0.4 is 5.32 Å². The van der Waals surface area contributed by atoms with Gasteiger partial charge in [0.25, 0.3) is 0 Å². The van der Waals surface area contributed by atoms with Crippen LogP contribution in [0.25, 0.3) is 10.9 Å². The highest BCUT2D eigenvalue weighted by Gasteiger charge is 2.06. The third-order valence-corrected chi connectivity index (χ3v) is 3.46. The molecule has 1 N–H and O–H groups in total. The van der Waals surface area contributed by atoms with Gasteiger partial charge < -0.3 is 9.88 Å². The zero-order valence-electron chi connectivity index (χ0n) is 12.5. The number of terminal acetylenes is 1. The average Bonchev–Trinajstić information content (AvgIpc) is 2.83. The number of fused-ring (bicyclic) bond motifs is 1. The van der Waals surface area contributed by atoms with E-state index in [4.69, 9.17) is 6.42 Å². The smallest absolute Gasteiger partial charge is 0.0525 e. The summed E-state index contributed by atoms with van der Waals surface area (Å²) in [6.07, 6.45) is 9.39. The minimum absolute atomic E-state index is 0.677. The Morgan fingerprint density at radius 3 is 2.90 bits per heavy atom. The molecule has 0 bridgehead atoms. The van der Waals surface area contributed by atoms with Gasteiger partial charge in [-0.05, 0) is 35.9 Å². The number of para-hydroxylation sites is 1. The van der Waals surface area contributed by atoms with Crippen LogP contribution in [0.3, 0.4) is 0 Å². The van der Waals surface area contributed by atoms with E-state index in [1.165, 1.54) is 16.5 Å². The number of aryl methyl sites for hydroxylation is 1. The molecule has 0 spiro atoms. The molecule has 2 heteroatoms. The molecule has 0 saturated carbocycles. The van der Waals surface area contributed by atoms with E-state index in [1.54, 1.807) is 0 Å². The third kappa shape index (κ3) is 3.65. The van der Waals surface area contributed by atoms with Crippen molar-refractivity contribution in [2.45, 2.75) is 39.8 Å². The van der Waals surface area contributed by atoms with Crippen molar-refractivity contribution in [1.82, 2.24) is 9.88 Å². The lowest BCUT2D eigenvalue weighted by atomic mass is 10.1. The Morgan fingerprint density at radius 1 is 1.30 bits per heavy atom. The average molecular weight is 268 g/mol. The molecule has 2 nitrogen and oxygen atoms in total. The molecule has 2 aromatic rings. The molecule has 2 rings (SSSR count). The number of hydrogen-bond donors (Lipinski definition) is 1. The molecule has 1 aromatic carbocycles. The van der Waals surface area contributed by atoms with E-state index in [-0.39, 0.29) is 0 Å². The molecule has 0 unspecified atom stereocenters. The lowest BCUT2D eigenvalue weighted by molar-refractivity contribution is 0.552. The Balaban J connectivity index is 2.16. The van der Waals surface area contributed by atoms with Gasteiger partial charge in [0.05, 0.1) is 5.52 Å². The van der Waals surface area contributed by atoms with Gasteiger partial charge in [0.2, 0.25) is 0 Å². The van der Waals surface area contributed by atoms with Gasteiger partial charge in [0, 0.05) is 25.7 Å². The maximum atomic E-state index is 5.34. The number of benzene rings is 1. The number of rotatable bonds is 7. The van der Waals surface area contributed by atoms with Crippen LogP contribution in [-0.2, 0) is 13.1 Å². The van der Waals surface area contributed by atoms with Crippen molar-refractivity contribution in [2.75, 3.05) is 6.54 Å². The SMILES string of the molecule is C#CCCCn1ccc2cccc(CNCC(C)C)c21. The van der Waals surface area contributed by atoms with Crippen LogP contribution in [0.5, 0.6) is 0 Å². The third-order valence-electron chi connectivity index (χ3n) is 3.46. The maximum Gasteiger partial charge on any atom is 0.0525 e. The summed E-state index contributed by atoms with van der Waals surface area (Å²) in [5, 5.41) is 4.85. The summed E-state index contributed by atoms with van der Waals surface area (Å²) < 4.78 is 2.33. The second-order valence-corrected chi connectivity index (χ2v) is 5.70. The fraction of sp³-hybridized carbons (Fsp3) is 0.444. The predicted molar refractivity (Wildman–Crippen MR) is 86.5 cm³/mol. The molecule has 20 heavy (non-hydrogen) atoms. The molecule has 0 aliphatic carbocycles. The van der Waals surface area contributed by atoms with Gasteiger partial charge in [-0.2, -0.15) is 0 Å². The summed E-state index contributed by atoms with van der Waals surface area (Å²) in [7, 11) is 0. The molecule has 0 aliphatic rings. The molecular formula is C18H24N2. The molecule has 1 heterocycles. The van der Waals surface area contributed by atoms with Crippen molar-refractivity contribution in [3.05, 3.63) is 36.0 Å². The van der Waals surface area contributed by atoms with E-state index in [0.29, 0.717) is 5.92 Å². The van der Waals surface area contributed by atoms with Crippen LogP contribution >= 0.6 is 0 Å². The topological polar surface area (TPSA) is 17.0 Å². The van der Waals surface area contributed by atoms with Gasteiger partial charge in [-0.3, -0.25) is 0 Å². The van der Waals surface area contributed by atoms with E-state index in [2.05, 4.69) is 60.1 Å². The van der Waals surface area contributed by atoms with E-state index in [0.717, 1.165) is 32.5 Å². The van der Waals surface area contributed by atoms with Gasteiger partial charge >= 0.3 is 0 Å². The summed E-state index contributed by atoms with van der Waals surface area (Å²) >= 11 is 0. The fourth-order valence-electron chi connectivity index (χ4n) is 2.52. The maximum absolute atomic E-state index is 5.34. The lowest BCUT2D eigenvalue weighted by Crippen LogP contribution is -2.19. The molecule has 0 aliphatic heterocycles. The summed E-state index contributed by atoms with van der Waals surface area (Å²) in [6.45, 7) is 7.43. The van der Waals surface area contributed by atoms with Crippen molar-refractivity contribution in [3.63, 3.8) is 0 Å². The highest BCUT2D eigenvalue weighted by molar-refractivity contribution is 5.83. The van der Waals surface area contributed by atoms with Crippen molar-refractivity contribution in [2.24, 2.45) is 5.92 Å². The Morgan fingerprint density at radius 2 is 2.15 bits per heavy atom. The summed E-state index contributed by atoms with van der Waals surface area (Å²) in [5.41, 5.74) is 2.72. The second-order valence-electron chi connectivity index (χ2n) is 5.70. The second kappa shape index (κ2) is 7.17. The molecule has 1 aromatic heterocycles. The monoisotopic (exact) mass is 268 g/mol. The van der Waals surface area contributed by atoms with E-state index in [9.17, 15) is 0 Å². The highest BCUT2D eigenvalue weighted by Crippen LogP contribution is 2.21. The predicted octanol–water partition coefficient (Wildman–Crippen LogP) is 3.80. The van der Waals surface area contributed by atoms with Crippen LogP contribution in [0, 0.1) is 18.3 Å². The van der Waals surface area contributed by atoms with Crippen molar-refractivity contribution in [1.29, 1.82) is 0 Å². The minimum Gasteiger partial charge on any atom is -0.347 e. The van der Waals surface area contributed by atoms with Gasteiger partial charge in [0.15, 0.2) is 0 Å². The number of aromatic nitrogens is 1. The van der Waals surface area contributed by atoms with Crippen molar-refractivity contribution >= 4 is 10.9 Å². The fourth-order valence-corrected chi connectivity index (χ4v) is 2.52. The van der Waals surface area contributed by atoms with E-state index >= 15 is 0 Å². The Labute approximate surface area is 122 Å². The molecular weight excluding hydrogens is 244 g/mol. The van der Waals surface area contributed by atoms with Crippen molar-refractivity contribution in [3.8, 4) is 12.3 Å². The first kappa shape index (κ1) is 14.7. The first-order chi connectivity index (χ1) is 9.72. The van der Waals surface area contributed by atoms with Crippen LogP contribution in [0.2, 0.25) is 0 Å². The number of nitrogens with zero attached hydrogens (tertiary/aromatic N) is 1.